The highest BCUT2D eigenvalue weighted by Gasteiger charge is 2.09. The molecule has 0 aliphatic rings. The molecular formula is C12H18N2O3. The molecule has 0 saturated carbocycles. The second-order valence-corrected chi connectivity index (χ2v) is 3.87. The maximum atomic E-state index is 10.6. The molecule has 0 bridgehead atoms. The summed E-state index contributed by atoms with van der Waals surface area (Å²) in [5.41, 5.74) is 1.06. The van der Waals surface area contributed by atoms with Crippen molar-refractivity contribution in [1.82, 2.24) is 5.32 Å². The molecule has 0 fully saturated rings. The van der Waals surface area contributed by atoms with Gasteiger partial charge in [0.2, 0.25) is 0 Å². The lowest BCUT2D eigenvalue weighted by Crippen LogP contribution is -2.20. The Morgan fingerprint density at radius 2 is 2.29 bits per heavy atom. The number of nitrogens with one attached hydrogen (secondary N) is 1. The summed E-state index contributed by atoms with van der Waals surface area (Å²) < 4.78 is 4.95. The topological polar surface area (TPSA) is 64.4 Å². The van der Waals surface area contributed by atoms with E-state index in [2.05, 4.69) is 5.32 Å². The lowest BCUT2D eigenvalue weighted by molar-refractivity contribution is -0.384. The third-order valence-corrected chi connectivity index (χ3v) is 2.56. The van der Waals surface area contributed by atoms with Crippen LogP contribution in [0.3, 0.4) is 0 Å². The van der Waals surface area contributed by atoms with Crippen molar-refractivity contribution < 1.29 is 9.66 Å². The quantitative estimate of drug-likeness (QED) is 0.449. The fourth-order valence-electron chi connectivity index (χ4n) is 1.56. The summed E-state index contributed by atoms with van der Waals surface area (Å²) in [6, 6.07) is 6.81. The van der Waals surface area contributed by atoms with E-state index in [0.717, 1.165) is 18.5 Å². The highest BCUT2D eigenvalue weighted by Crippen LogP contribution is 2.18. The molecule has 5 nitrogen and oxygen atoms in total. The summed E-state index contributed by atoms with van der Waals surface area (Å²) in [6.45, 7) is 3.54. The van der Waals surface area contributed by atoms with Gasteiger partial charge in [0.15, 0.2) is 0 Å². The first-order valence-corrected chi connectivity index (χ1v) is 5.62. The molecule has 1 rings (SSSR count). The van der Waals surface area contributed by atoms with Gasteiger partial charge in [-0.05, 0) is 25.5 Å². The molecule has 0 heterocycles. The smallest absolute Gasteiger partial charge is 0.269 e. The van der Waals surface area contributed by atoms with Crippen LogP contribution < -0.4 is 5.32 Å². The average molecular weight is 238 g/mol. The molecule has 0 aromatic heterocycles. The Labute approximate surface area is 101 Å². The first-order valence-electron chi connectivity index (χ1n) is 5.62. The largest absolute Gasteiger partial charge is 0.385 e. The van der Waals surface area contributed by atoms with E-state index in [1.54, 1.807) is 19.2 Å². The van der Waals surface area contributed by atoms with Gasteiger partial charge in [0.1, 0.15) is 0 Å². The Morgan fingerprint density at radius 1 is 1.53 bits per heavy atom. The van der Waals surface area contributed by atoms with Gasteiger partial charge in [-0.3, -0.25) is 10.1 Å². The molecule has 1 atom stereocenters. The molecule has 5 heteroatoms. The Hall–Kier alpha value is -1.46. The van der Waals surface area contributed by atoms with E-state index >= 15 is 0 Å². The van der Waals surface area contributed by atoms with Crippen molar-refractivity contribution >= 4 is 5.69 Å². The predicted octanol–water partition coefficient (Wildman–Crippen LogP) is 2.28. The van der Waals surface area contributed by atoms with Crippen LogP contribution in [-0.4, -0.2) is 25.2 Å². The summed E-state index contributed by atoms with van der Waals surface area (Å²) in [5, 5.41) is 13.9. The number of nitro benzene ring substituents is 1. The number of ether oxygens (including phenoxy) is 1. The zero-order valence-corrected chi connectivity index (χ0v) is 10.2. The number of benzene rings is 1. The van der Waals surface area contributed by atoms with Gasteiger partial charge in [-0.2, -0.15) is 0 Å². The zero-order valence-electron chi connectivity index (χ0n) is 10.2. The molecule has 1 unspecified atom stereocenters. The summed E-state index contributed by atoms with van der Waals surface area (Å²) >= 11 is 0. The van der Waals surface area contributed by atoms with Crippen LogP contribution in [0.4, 0.5) is 5.69 Å². The van der Waals surface area contributed by atoms with Crippen molar-refractivity contribution in [3.63, 3.8) is 0 Å². The molecule has 1 aromatic carbocycles. The summed E-state index contributed by atoms with van der Waals surface area (Å²) in [7, 11) is 1.67. The molecule has 94 valence electrons. The van der Waals surface area contributed by atoms with Crippen molar-refractivity contribution in [2.75, 3.05) is 20.3 Å². The van der Waals surface area contributed by atoms with Crippen molar-refractivity contribution in [3.05, 3.63) is 39.9 Å². The number of non-ortho nitro benzene ring substituents is 1. The van der Waals surface area contributed by atoms with Crippen LogP contribution in [0, 0.1) is 10.1 Å². The summed E-state index contributed by atoms with van der Waals surface area (Å²) in [5.74, 6) is 0. The van der Waals surface area contributed by atoms with E-state index in [1.807, 2.05) is 13.0 Å². The second-order valence-electron chi connectivity index (χ2n) is 3.87. The first-order chi connectivity index (χ1) is 8.15. The van der Waals surface area contributed by atoms with Gasteiger partial charge in [0.05, 0.1) is 4.92 Å². The molecule has 0 spiro atoms. The van der Waals surface area contributed by atoms with Crippen molar-refractivity contribution in [2.45, 2.75) is 19.4 Å². The minimum Gasteiger partial charge on any atom is -0.385 e. The first kappa shape index (κ1) is 13.6. The third kappa shape index (κ3) is 4.50. The Bertz CT molecular complexity index is 369. The van der Waals surface area contributed by atoms with E-state index < -0.39 is 0 Å². The van der Waals surface area contributed by atoms with Crippen LogP contribution in [-0.2, 0) is 4.74 Å². The normalized spacial score (nSPS) is 12.4. The SMILES string of the molecule is COCCCNC(C)c1cccc([N+](=O)[O-])c1. The molecular weight excluding hydrogens is 220 g/mol. The molecule has 1 aromatic rings. The van der Waals surface area contributed by atoms with Gasteiger partial charge >= 0.3 is 0 Å². The van der Waals surface area contributed by atoms with E-state index in [9.17, 15) is 10.1 Å². The van der Waals surface area contributed by atoms with Gasteiger partial charge in [-0.25, -0.2) is 0 Å². The van der Waals surface area contributed by atoms with E-state index in [1.165, 1.54) is 6.07 Å². The van der Waals surface area contributed by atoms with Crippen LogP contribution in [0.1, 0.15) is 24.9 Å². The minimum absolute atomic E-state index is 0.103. The number of methoxy groups -OCH3 is 1. The van der Waals surface area contributed by atoms with Crippen molar-refractivity contribution in [1.29, 1.82) is 0 Å². The summed E-state index contributed by atoms with van der Waals surface area (Å²) in [6.07, 6.45) is 0.926. The van der Waals surface area contributed by atoms with Gasteiger partial charge in [-0.1, -0.05) is 12.1 Å². The maximum Gasteiger partial charge on any atom is 0.269 e. The predicted molar refractivity (Wildman–Crippen MR) is 66.0 cm³/mol. The zero-order chi connectivity index (χ0) is 12.7. The third-order valence-electron chi connectivity index (χ3n) is 2.56. The van der Waals surface area contributed by atoms with Crippen LogP contribution in [0.5, 0.6) is 0 Å². The number of nitrogens with zero attached hydrogens (tertiary/aromatic N) is 1. The molecule has 0 saturated heterocycles. The highest BCUT2D eigenvalue weighted by atomic mass is 16.6. The van der Waals surface area contributed by atoms with Crippen LogP contribution in [0.25, 0.3) is 0 Å². The van der Waals surface area contributed by atoms with E-state index in [0.29, 0.717) is 6.61 Å². The molecule has 17 heavy (non-hydrogen) atoms. The molecule has 0 amide bonds. The summed E-state index contributed by atoms with van der Waals surface area (Å²) in [4.78, 5) is 10.3. The fourth-order valence-corrected chi connectivity index (χ4v) is 1.56. The number of rotatable bonds is 7. The Kier molecular flexibility index (Phi) is 5.59. The molecule has 1 N–H and O–H groups in total. The maximum absolute atomic E-state index is 10.6. The van der Waals surface area contributed by atoms with E-state index in [-0.39, 0.29) is 16.7 Å². The number of nitro groups is 1. The number of hydrogen-bond donors (Lipinski definition) is 1. The van der Waals surface area contributed by atoms with Gasteiger partial charge in [0.25, 0.3) is 5.69 Å². The monoisotopic (exact) mass is 238 g/mol. The molecule has 0 aliphatic carbocycles. The second kappa shape index (κ2) is 6.98. The van der Waals surface area contributed by atoms with Crippen LogP contribution in [0.15, 0.2) is 24.3 Å². The Morgan fingerprint density at radius 3 is 2.94 bits per heavy atom. The minimum atomic E-state index is -0.374. The molecule has 0 radical (unpaired) electrons. The lowest BCUT2D eigenvalue weighted by atomic mass is 10.1. The van der Waals surface area contributed by atoms with Crippen molar-refractivity contribution in [2.24, 2.45) is 0 Å². The van der Waals surface area contributed by atoms with Crippen LogP contribution in [0.2, 0.25) is 0 Å². The average Bonchev–Trinajstić information content (AvgIpc) is 2.34. The standard InChI is InChI=1S/C12H18N2O3/c1-10(13-7-4-8-17-2)11-5-3-6-12(9-11)14(15)16/h3,5-6,9-10,13H,4,7-8H2,1-2H3. The van der Waals surface area contributed by atoms with Crippen LogP contribution >= 0.6 is 0 Å². The molecule has 0 aliphatic heterocycles. The lowest BCUT2D eigenvalue weighted by Gasteiger charge is -2.13. The Balaban J connectivity index is 2.53. The van der Waals surface area contributed by atoms with Gasteiger partial charge < -0.3 is 10.1 Å². The fraction of sp³-hybridized carbons (Fsp3) is 0.500. The number of hydrogen-bond acceptors (Lipinski definition) is 4. The van der Waals surface area contributed by atoms with Gasteiger partial charge in [0, 0.05) is 31.9 Å². The van der Waals surface area contributed by atoms with E-state index in [4.69, 9.17) is 4.74 Å². The van der Waals surface area contributed by atoms with Gasteiger partial charge in [-0.15, -0.1) is 0 Å². The highest BCUT2D eigenvalue weighted by molar-refractivity contribution is 5.35. The van der Waals surface area contributed by atoms with Crippen molar-refractivity contribution in [3.8, 4) is 0 Å².